The molecule has 262 valence electrons. The Kier molecular flexibility index (Phi) is 10.7. The van der Waals surface area contributed by atoms with Gasteiger partial charge in [0, 0.05) is 29.4 Å². The number of pyridine rings is 1. The van der Waals surface area contributed by atoms with Gasteiger partial charge in [-0.05, 0) is 83.3 Å². The summed E-state index contributed by atoms with van der Waals surface area (Å²) in [6, 6.07) is 13.1. The summed E-state index contributed by atoms with van der Waals surface area (Å²) < 4.78 is 8.63. The van der Waals surface area contributed by atoms with E-state index in [2.05, 4.69) is 69.5 Å². The molecule has 1 aliphatic carbocycles. The van der Waals surface area contributed by atoms with Gasteiger partial charge in [-0.25, -0.2) is 14.8 Å². The highest BCUT2D eigenvalue weighted by Gasteiger charge is 2.30. The van der Waals surface area contributed by atoms with Gasteiger partial charge in [-0.15, -0.1) is 10.2 Å². The molecule has 2 N–H and O–H groups in total. The van der Waals surface area contributed by atoms with Crippen LogP contribution in [0.2, 0.25) is 0 Å². The number of hydrogen-bond acceptors (Lipinski definition) is 8. The number of nitrogens with zero attached hydrogens (tertiary/aromatic N) is 6. The van der Waals surface area contributed by atoms with Crippen molar-refractivity contribution in [2.45, 2.75) is 116 Å². The molecule has 2 amide bonds. The van der Waals surface area contributed by atoms with Crippen LogP contribution in [0.25, 0.3) is 5.65 Å². The fraction of sp³-hybridized carbons (Fsp3) is 0.526. The predicted octanol–water partition coefficient (Wildman–Crippen LogP) is 7.80. The van der Waals surface area contributed by atoms with Gasteiger partial charge >= 0.3 is 6.03 Å². The van der Waals surface area contributed by atoms with E-state index in [1.807, 2.05) is 75.8 Å². The van der Waals surface area contributed by atoms with Crippen molar-refractivity contribution in [3.8, 4) is 5.75 Å². The van der Waals surface area contributed by atoms with E-state index in [4.69, 9.17) is 4.74 Å². The minimum Gasteiger partial charge on any atom is -0.484 e. The van der Waals surface area contributed by atoms with Gasteiger partial charge in [-0.1, -0.05) is 58.9 Å². The number of benzene rings is 1. The molecule has 0 unspecified atom stereocenters. The quantitative estimate of drug-likeness (QED) is 0.147. The number of hydrogen-bond donors (Lipinski definition) is 2. The van der Waals surface area contributed by atoms with Crippen LogP contribution >= 0.6 is 0 Å². The number of amides is 2. The Morgan fingerprint density at radius 1 is 0.980 bits per heavy atom. The SMILES string of the molecule is CCC(CC)c1nnc2ccc(O[C@@H]3CC[C@H](NC(=O)Nc4cc(C(C)(C)C)nc(C(=O)CCC(C)(C)N(C)C)n4)c4ccccc43)cn12. The zero-order chi connectivity index (χ0) is 35.5. The van der Waals surface area contributed by atoms with Gasteiger partial charge < -0.3 is 15.0 Å². The van der Waals surface area contributed by atoms with Gasteiger partial charge in [0.1, 0.15) is 23.5 Å². The number of Topliss-reactive ketones (excluding diaryl/α,β-unsaturated/α-hetero) is 1. The van der Waals surface area contributed by atoms with Crippen LogP contribution in [-0.2, 0) is 5.41 Å². The lowest BCUT2D eigenvalue weighted by atomic mass is 9.85. The Labute approximate surface area is 290 Å². The molecule has 0 bridgehead atoms. The van der Waals surface area contributed by atoms with Gasteiger partial charge in [0.15, 0.2) is 17.3 Å². The Morgan fingerprint density at radius 2 is 1.69 bits per heavy atom. The third kappa shape index (κ3) is 8.26. The van der Waals surface area contributed by atoms with Crippen molar-refractivity contribution in [2.75, 3.05) is 19.4 Å². The number of aromatic nitrogens is 5. The number of urea groups is 1. The third-order valence-corrected chi connectivity index (χ3v) is 9.93. The van der Waals surface area contributed by atoms with Crippen molar-refractivity contribution in [2.24, 2.45) is 0 Å². The number of carbonyl (C=O) groups is 2. The van der Waals surface area contributed by atoms with Crippen molar-refractivity contribution in [3.05, 3.63) is 77.1 Å². The fourth-order valence-corrected chi connectivity index (χ4v) is 6.16. The van der Waals surface area contributed by atoms with Crippen LogP contribution in [0.1, 0.15) is 138 Å². The number of anilines is 1. The number of fused-ring (bicyclic) bond motifs is 2. The van der Waals surface area contributed by atoms with E-state index in [9.17, 15) is 9.59 Å². The summed E-state index contributed by atoms with van der Waals surface area (Å²) >= 11 is 0. The Bertz CT molecular complexity index is 1790. The number of ether oxygens (including phenoxy) is 1. The second kappa shape index (κ2) is 14.6. The summed E-state index contributed by atoms with van der Waals surface area (Å²) in [6.07, 6.45) is 6.15. The minimum absolute atomic E-state index is 0.122. The van der Waals surface area contributed by atoms with Gasteiger partial charge in [0.05, 0.1) is 17.9 Å². The maximum absolute atomic E-state index is 13.5. The zero-order valence-corrected chi connectivity index (χ0v) is 30.5. The Morgan fingerprint density at radius 3 is 2.37 bits per heavy atom. The van der Waals surface area contributed by atoms with E-state index in [0.717, 1.165) is 41.2 Å². The summed E-state index contributed by atoms with van der Waals surface area (Å²) in [5.41, 5.74) is 3.03. The predicted molar refractivity (Wildman–Crippen MR) is 192 cm³/mol. The van der Waals surface area contributed by atoms with Crippen LogP contribution in [0.3, 0.4) is 0 Å². The van der Waals surface area contributed by atoms with Crippen molar-refractivity contribution in [1.29, 1.82) is 0 Å². The second-order valence-electron chi connectivity index (χ2n) is 15.0. The first-order valence-corrected chi connectivity index (χ1v) is 17.5. The first-order chi connectivity index (χ1) is 23.2. The average Bonchev–Trinajstić information content (AvgIpc) is 3.47. The molecule has 11 nitrogen and oxygen atoms in total. The molecule has 49 heavy (non-hydrogen) atoms. The lowest BCUT2D eigenvalue weighted by Crippen LogP contribution is -2.38. The number of rotatable bonds is 12. The van der Waals surface area contributed by atoms with Gasteiger partial charge in [0.2, 0.25) is 0 Å². The zero-order valence-electron chi connectivity index (χ0n) is 30.5. The summed E-state index contributed by atoms with van der Waals surface area (Å²) in [5, 5.41) is 14.9. The molecule has 11 heteroatoms. The molecule has 3 aromatic heterocycles. The Hall–Kier alpha value is -4.38. The molecule has 4 aromatic rings. The molecule has 1 aliphatic rings. The van der Waals surface area contributed by atoms with Gasteiger partial charge in [0.25, 0.3) is 0 Å². The second-order valence-corrected chi connectivity index (χ2v) is 15.0. The molecule has 1 aromatic carbocycles. The maximum Gasteiger partial charge on any atom is 0.320 e. The van der Waals surface area contributed by atoms with Crippen molar-refractivity contribution < 1.29 is 14.3 Å². The van der Waals surface area contributed by atoms with Gasteiger partial charge in [-0.2, -0.15) is 0 Å². The molecule has 5 rings (SSSR count). The average molecular weight is 669 g/mol. The van der Waals surface area contributed by atoms with Crippen LogP contribution in [0.5, 0.6) is 5.75 Å². The van der Waals surface area contributed by atoms with E-state index in [1.165, 1.54) is 0 Å². The van der Waals surface area contributed by atoms with E-state index < -0.39 is 6.03 Å². The van der Waals surface area contributed by atoms with E-state index in [-0.39, 0.29) is 34.7 Å². The highest BCUT2D eigenvalue weighted by Crippen LogP contribution is 2.39. The summed E-state index contributed by atoms with van der Waals surface area (Å²) in [6.45, 7) is 14.6. The molecular weight excluding hydrogens is 616 g/mol. The molecule has 0 aliphatic heterocycles. The number of ketones is 1. The molecular formula is C38H52N8O3. The third-order valence-electron chi connectivity index (χ3n) is 9.93. The molecule has 2 atom stereocenters. The topological polar surface area (TPSA) is 127 Å². The monoisotopic (exact) mass is 668 g/mol. The first kappa shape index (κ1) is 35.9. The normalized spacial score (nSPS) is 16.6. The van der Waals surface area contributed by atoms with Crippen LogP contribution in [-0.4, -0.2) is 60.9 Å². The maximum atomic E-state index is 13.5. The standard InChI is InChI=1S/C38H52N8O3/c1-10-24(11-2)35-44-43-33-19-16-25(23-46(33)35)49-30-18-17-28(26-14-12-13-15-27(26)30)39-36(48)42-32-22-31(37(3,4)5)40-34(41-32)29(47)20-21-38(6,7)45(8)9/h12-16,19,22-24,28,30H,10-11,17-18,20-21H2,1-9H3,(H2,39,40,41,42,48)/t28-,30+/m0/s1. The first-order valence-electron chi connectivity index (χ1n) is 17.5. The van der Waals surface area contributed by atoms with Crippen LogP contribution < -0.4 is 15.4 Å². The van der Waals surface area contributed by atoms with Crippen molar-refractivity contribution in [3.63, 3.8) is 0 Å². The van der Waals surface area contributed by atoms with Crippen LogP contribution in [0, 0.1) is 0 Å². The van der Waals surface area contributed by atoms with E-state index >= 15 is 0 Å². The molecule has 0 radical (unpaired) electrons. The largest absolute Gasteiger partial charge is 0.484 e. The smallest absolute Gasteiger partial charge is 0.320 e. The Balaban J connectivity index is 1.31. The van der Waals surface area contributed by atoms with Crippen LogP contribution in [0.15, 0.2) is 48.7 Å². The molecule has 0 spiro atoms. The molecule has 0 saturated heterocycles. The summed E-state index contributed by atoms with van der Waals surface area (Å²) in [4.78, 5) is 37.9. The van der Waals surface area contributed by atoms with E-state index in [1.54, 1.807) is 6.07 Å². The lowest BCUT2D eigenvalue weighted by molar-refractivity contribution is 0.0934. The molecule has 0 fully saturated rings. The van der Waals surface area contributed by atoms with E-state index in [0.29, 0.717) is 43.1 Å². The highest BCUT2D eigenvalue weighted by molar-refractivity contribution is 5.94. The fourth-order valence-electron chi connectivity index (χ4n) is 6.16. The van der Waals surface area contributed by atoms with Crippen molar-refractivity contribution in [1.82, 2.24) is 34.8 Å². The van der Waals surface area contributed by atoms with Crippen molar-refractivity contribution >= 4 is 23.3 Å². The lowest BCUT2D eigenvalue weighted by Gasteiger charge is -2.32. The molecule has 0 saturated carbocycles. The highest BCUT2D eigenvalue weighted by atomic mass is 16.5. The number of carbonyl (C=O) groups excluding carboxylic acids is 2. The minimum atomic E-state index is -0.392. The van der Waals surface area contributed by atoms with Crippen LogP contribution in [0.4, 0.5) is 10.6 Å². The molecule has 3 heterocycles. The number of nitrogens with one attached hydrogen (secondary N) is 2. The van der Waals surface area contributed by atoms with Gasteiger partial charge in [-0.3, -0.25) is 14.5 Å². The summed E-state index contributed by atoms with van der Waals surface area (Å²) in [5.74, 6) is 2.30. The summed E-state index contributed by atoms with van der Waals surface area (Å²) in [7, 11) is 4.01.